The number of hydrogen-bond acceptors (Lipinski definition) is 4. The fourth-order valence-electron chi connectivity index (χ4n) is 0.331. The van der Waals surface area contributed by atoms with Crippen molar-refractivity contribution in [3.8, 4) is 0 Å². The van der Waals surface area contributed by atoms with Gasteiger partial charge >= 0.3 is 8.25 Å². The SMILES string of the molecule is CON=C(C)CO[P+](=O)O. The molecule has 0 aliphatic carbocycles. The van der Waals surface area contributed by atoms with Crippen LogP contribution in [0.25, 0.3) is 0 Å². The number of hydrogen-bond donors (Lipinski definition) is 1. The van der Waals surface area contributed by atoms with Crippen molar-refractivity contribution in [2.45, 2.75) is 6.92 Å². The van der Waals surface area contributed by atoms with Crippen molar-refractivity contribution < 1.29 is 18.8 Å². The molecular weight excluding hydrogens is 157 g/mol. The molecule has 5 nitrogen and oxygen atoms in total. The standard InChI is InChI=1S/C4H8NO4P/c1-4(5-8-2)3-9-10(6)7/h3H2,1-2H3/p+1. The van der Waals surface area contributed by atoms with Crippen LogP contribution in [0.4, 0.5) is 0 Å². The summed E-state index contributed by atoms with van der Waals surface area (Å²) in [6.45, 7) is 1.64. The van der Waals surface area contributed by atoms with Gasteiger partial charge in [-0.3, -0.25) is 0 Å². The van der Waals surface area contributed by atoms with E-state index in [-0.39, 0.29) is 6.61 Å². The zero-order valence-electron chi connectivity index (χ0n) is 5.77. The Labute approximate surface area is 59.6 Å². The summed E-state index contributed by atoms with van der Waals surface area (Å²) in [7, 11) is -1.14. The third-order valence-corrected chi connectivity index (χ3v) is 0.981. The molecule has 0 amide bonds. The largest absolute Gasteiger partial charge is 0.695 e. The lowest BCUT2D eigenvalue weighted by Gasteiger charge is -1.89. The zero-order chi connectivity index (χ0) is 7.98. The van der Waals surface area contributed by atoms with Crippen LogP contribution in [0.5, 0.6) is 0 Å². The first-order valence-electron chi connectivity index (χ1n) is 2.52. The molecule has 0 aromatic heterocycles. The smallest absolute Gasteiger partial charge is 0.399 e. The Morgan fingerprint density at radius 3 is 2.80 bits per heavy atom. The molecule has 6 heteroatoms. The topological polar surface area (TPSA) is 68.1 Å². The van der Waals surface area contributed by atoms with E-state index in [1.54, 1.807) is 6.92 Å². The number of nitrogens with zero attached hydrogens (tertiary/aromatic N) is 1. The summed E-state index contributed by atoms with van der Waals surface area (Å²) in [5.41, 5.74) is 0.514. The van der Waals surface area contributed by atoms with E-state index < -0.39 is 8.25 Å². The van der Waals surface area contributed by atoms with E-state index in [9.17, 15) is 4.57 Å². The van der Waals surface area contributed by atoms with Crippen LogP contribution in [0.1, 0.15) is 6.92 Å². The van der Waals surface area contributed by atoms with Gasteiger partial charge < -0.3 is 4.84 Å². The molecule has 0 spiro atoms. The normalized spacial score (nSPS) is 13.1. The minimum absolute atomic E-state index is 0.0134. The van der Waals surface area contributed by atoms with Gasteiger partial charge in [-0.2, -0.15) is 0 Å². The molecule has 58 valence electrons. The van der Waals surface area contributed by atoms with Crippen LogP contribution in [0, 0.1) is 0 Å². The van der Waals surface area contributed by atoms with Crippen molar-refractivity contribution in [1.29, 1.82) is 0 Å². The second-order valence-corrected chi connectivity index (χ2v) is 2.25. The molecule has 0 bridgehead atoms. The molecule has 0 heterocycles. The van der Waals surface area contributed by atoms with Crippen LogP contribution in [0.3, 0.4) is 0 Å². The van der Waals surface area contributed by atoms with E-state index in [2.05, 4.69) is 14.5 Å². The Kier molecular flexibility index (Phi) is 5.02. The molecule has 0 radical (unpaired) electrons. The van der Waals surface area contributed by atoms with Gasteiger partial charge in [-0.15, -0.1) is 9.42 Å². The fraction of sp³-hybridized carbons (Fsp3) is 0.750. The molecular formula is C4H9NO4P+. The van der Waals surface area contributed by atoms with Crippen LogP contribution in [0.15, 0.2) is 5.16 Å². The first-order chi connectivity index (χ1) is 4.66. The quantitative estimate of drug-likeness (QED) is 0.378. The van der Waals surface area contributed by atoms with Gasteiger partial charge in [0.2, 0.25) is 0 Å². The maximum Gasteiger partial charge on any atom is 0.695 e. The molecule has 0 aliphatic heterocycles. The molecule has 0 aliphatic rings. The van der Waals surface area contributed by atoms with E-state index in [4.69, 9.17) is 4.89 Å². The first-order valence-corrected chi connectivity index (χ1v) is 3.65. The summed E-state index contributed by atoms with van der Waals surface area (Å²) in [4.78, 5) is 12.5. The second-order valence-electron chi connectivity index (χ2n) is 1.52. The minimum Gasteiger partial charge on any atom is -0.399 e. The van der Waals surface area contributed by atoms with Gasteiger partial charge in [0, 0.05) is 4.57 Å². The van der Waals surface area contributed by atoms with Crippen molar-refractivity contribution in [3.63, 3.8) is 0 Å². The third kappa shape index (κ3) is 5.62. The Balaban J connectivity index is 3.48. The van der Waals surface area contributed by atoms with E-state index in [0.29, 0.717) is 5.71 Å². The van der Waals surface area contributed by atoms with Crippen molar-refractivity contribution >= 4 is 14.0 Å². The lowest BCUT2D eigenvalue weighted by Crippen LogP contribution is -2.00. The summed E-state index contributed by atoms with van der Waals surface area (Å²) >= 11 is 0. The van der Waals surface area contributed by atoms with Crippen LogP contribution < -0.4 is 0 Å². The van der Waals surface area contributed by atoms with Crippen LogP contribution in [-0.2, 0) is 13.9 Å². The average molecular weight is 166 g/mol. The zero-order valence-corrected chi connectivity index (χ0v) is 6.67. The number of rotatable bonds is 4. The summed E-state index contributed by atoms with van der Waals surface area (Å²) in [5.74, 6) is 0. The van der Waals surface area contributed by atoms with Gasteiger partial charge in [0.15, 0.2) is 0 Å². The highest BCUT2D eigenvalue weighted by Gasteiger charge is 2.11. The predicted octanol–water partition coefficient (Wildman–Crippen LogP) is 0.675. The minimum atomic E-state index is -2.53. The highest BCUT2D eigenvalue weighted by atomic mass is 31.1. The molecule has 0 saturated heterocycles. The molecule has 10 heavy (non-hydrogen) atoms. The molecule has 1 unspecified atom stereocenters. The fourth-order valence-corrected chi connectivity index (χ4v) is 0.628. The third-order valence-electron chi connectivity index (χ3n) is 0.631. The number of oxime groups is 1. The van der Waals surface area contributed by atoms with Gasteiger partial charge in [0.25, 0.3) is 0 Å². The van der Waals surface area contributed by atoms with Crippen LogP contribution in [-0.4, -0.2) is 24.3 Å². The summed E-state index contributed by atoms with van der Waals surface area (Å²) in [6.07, 6.45) is 0. The lowest BCUT2D eigenvalue weighted by molar-refractivity contribution is 0.209. The van der Waals surface area contributed by atoms with E-state index >= 15 is 0 Å². The maximum atomic E-state index is 9.94. The summed E-state index contributed by atoms with van der Waals surface area (Å²) in [5, 5.41) is 3.45. The van der Waals surface area contributed by atoms with E-state index in [0.717, 1.165) is 0 Å². The van der Waals surface area contributed by atoms with Crippen molar-refractivity contribution in [2.75, 3.05) is 13.7 Å². The van der Waals surface area contributed by atoms with Crippen LogP contribution >= 0.6 is 8.25 Å². The van der Waals surface area contributed by atoms with E-state index in [1.807, 2.05) is 0 Å². The maximum absolute atomic E-state index is 9.94. The van der Waals surface area contributed by atoms with Crippen LogP contribution in [0.2, 0.25) is 0 Å². The molecule has 1 N–H and O–H groups in total. The molecule has 0 aromatic carbocycles. The highest BCUT2D eigenvalue weighted by Crippen LogP contribution is 2.13. The highest BCUT2D eigenvalue weighted by molar-refractivity contribution is 7.32. The van der Waals surface area contributed by atoms with E-state index in [1.165, 1.54) is 7.11 Å². The van der Waals surface area contributed by atoms with Gasteiger partial charge in [-0.05, 0) is 6.92 Å². The van der Waals surface area contributed by atoms with Crippen molar-refractivity contribution in [2.24, 2.45) is 5.16 Å². The molecule has 0 saturated carbocycles. The molecule has 0 rings (SSSR count). The van der Waals surface area contributed by atoms with Gasteiger partial charge in [-0.25, -0.2) is 0 Å². The summed E-state index contributed by atoms with van der Waals surface area (Å²) < 4.78 is 14.2. The Hall–Kier alpha value is -0.510. The van der Waals surface area contributed by atoms with Gasteiger partial charge in [0.1, 0.15) is 13.7 Å². The molecule has 1 atom stereocenters. The van der Waals surface area contributed by atoms with Gasteiger partial charge in [-0.1, -0.05) is 5.16 Å². The Morgan fingerprint density at radius 2 is 2.40 bits per heavy atom. The molecule has 0 aromatic rings. The Morgan fingerprint density at radius 1 is 1.80 bits per heavy atom. The van der Waals surface area contributed by atoms with Crippen molar-refractivity contribution in [3.05, 3.63) is 0 Å². The second kappa shape index (κ2) is 5.29. The van der Waals surface area contributed by atoms with Crippen molar-refractivity contribution in [1.82, 2.24) is 0 Å². The first kappa shape index (κ1) is 9.49. The average Bonchev–Trinajstić information content (AvgIpc) is 1.85. The monoisotopic (exact) mass is 166 g/mol. The summed E-state index contributed by atoms with van der Waals surface area (Å²) in [6, 6.07) is 0. The Bertz CT molecular complexity index is 146. The lowest BCUT2D eigenvalue weighted by atomic mass is 10.5. The van der Waals surface area contributed by atoms with Gasteiger partial charge in [0.05, 0.1) is 5.71 Å². The molecule has 0 fully saturated rings. The predicted molar refractivity (Wildman–Crippen MR) is 35.9 cm³/mol.